The first-order valence-corrected chi connectivity index (χ1v) is 8.50. The highest BCUT2D eigenvalue weighted by molar-refractivity contribution is 7.99. The van der Waals surface area contributed by atoms with E-state index in [1.807, 2.05) is 22.1 Å². The van der Waals surface area contributed by atoms with Crippen LogP contribution in [0.4, 0.5) is 0 Å². The Bertz CT molecular complexity index is 606. The van der Waals surface area contributed by atoms with E-state index in [1.165, 1.54) is 11.8 Å². The summed E-state index contributed by atoms with van der Waals surface area (Å²) in [6, 6.07) is 3.98. The van der Waals surface area contributed by atoms with Gasteiger partial charge in [-0.25, -0.2) is 0 Å². The van der Waals surface area contributed by atoms with Gasteiger partial charge in [0.2, 0.25) is 0 Å². The third kappa shape index (κ3) is 3.45. The van der Waals surface area contributed by atoms with Gasteiger partial charge in [-0.2, -0.15) is 0 Å². The number of ether oxygens (including phenoxy) is 1. The van der Waals surface area contributed by atoms with Crippen LogP contribution >= 0.6 is 23.1 Å². The summed E-state index contributed by atoms with van der Waals surface area (Å²) in [6.45, 7) is 2.30. The number of thiophene rings is 1. The lowest BCUT2D eigenvalue weighted by Gasteiger charge is -2.12. The maximum absolute atomic E-state index is 10.8. The van der Waals surface area contributed by atoms with Gasteiger partial charge < -0.3 is 14.4 Å². The SMILES string of the molecule is O=C(O)CSc1nnc(-c2cccs2)n1CC1CCOC1. The van der Waals surface area contributed by atoms with Crippen LogP contribution < -0.4 is 0 Å². The summed E-state index contributed by atoms with van der Waals surface area (Å²) >= 11 is 2.82. The Morgan fingerprint density at radius 3 is 3.14 bits per heavy atom. The van der Waals surface area contributed by atoms with Crippen LogP contribution in [0.2, 0.25) is 0 Å². The number of aromatic nitrogens is 3. The van der Waals surface area contributed by atoms with E-state index in [0.29, 0.717) is 11.1 Å². The van der Waals surface area contributed by atoms with E-state index in [4.69, 9.17) is 9.84 Å². The molecule has 8 heteroatoms. The van der Waals surface area contributed by atoms with Crippen molar-refractivity contribution >= 4 is 29.1 Å². The Morgan fingerprint density at radius 1 is 1.57 bits per heavy atom. The molecule has 1 N–H and O–H groups in total. The van der Waals surface area contributed by atoms with Crippen LogP contribution in [0.1, 0.15) is 6.42 Å². The lowest BCUT2D eigenvalue weighted by Crippen LogP contribution is -2.13. The van der Waals surface area contributed by atoms with Gasteiger partial charge in [-0.1, -0.05) is 17.8 Å². The van der Waals surface area contributed by atoms with E-state index >= 15 is 0 Å². The second-order valence-corrected chi connectivity index (χ2v) is 6.70. The van der Waals surface area contributed by atoms with Crippen molar-refractivity contribution in [3.8, 4) is 10.7 Å². The molecule has 0 radical (unpaired) electrons. The largest absolute Gasteiger partial charge is 0.481 e. The summed E-state index contributed by atoms with van der Waals surface area (Å²) in [6.07, 6.45) is 1.02. The topological polar surface area (TPSA) is 77.2 Å². The molecule has 6 nitrogen and oxygen atoms in total. The molecule has 0 bridgehead atoms. The molecule has 1 atom stereocenters. The molecular formula is C13H15N3O3S2. The van der Waals surface area contributed by atoms with Gasteiger partial charge in [0.1, 0.15) is 0 Å². The van der Waals surface area contributed by atoms with E-state index in [-0.39, 0.29) is 5.75 Å². The van der Waals surface area contributed by atoms with Crippen LogP contribution in [-0.2, 0) is 16.1 Å². The Labute approximate surface area is 130 Å². The maximum atomic E-state index is 10.8. The van der Waals surface area contributed by atoms with E-state index in [0.717, 1.165) is 36.9 Å². The van der Waals surface area contributed by atoms with Crippen molar-refractivity contribution in [3.05, 3.63) is 17.5 Å². The second kappa shape index (κ2) is 6.59. The predicted octanol–water partition coefficient (Wildman–Crippen LogP) is 2.22. The van der Waals surface area contributed by atoms with Crippen molar-refractivity contribution in [2.45, 2.75) is 18.1 Å². The van der Waals surface area contributed by atoms with Crippen LogP contribution in [0.25, 0.3) is 10.7 Å². The van der Waals surface area contributed by atoms with Crippen LogP contribution in [0.3, 0.4) is 0 Å². The lowest BCUT2D eigenvalue weighted by atomic mass is 10.1. The van der Waals surface area contributed by atoms with E-state index in [1.54, 1.807) is 11.3 Å². The first-order chi connectivity index (χ1) is 10.2. The standard InChI is InChI=1S/C13H15N3O3S2/c17-11(18)8-21-13-15-14-12(10-2-1-5-20-10)16(13)6-9-3-4-19-7-9/h1-2,5,9H,3-4,6-8H2,(H,17,18). The highest BCUT2D eigenvalue weighted by Crippen LogP contribution is 2.29. The van der Waals surface area contributed by atoms with Gasteiger partial charge in [0.15, 0.2) is 11.0 Å². The zero-order chi connectivity index (χ0) is 14.7. The van der Waals surface area contributed by atoms with Crippen molar-refractivity contribution in [1.82, 2.24) is 14.8 Å². The summed E-state index contributed by atoms with van der Waals surface area (Å²) in [5.74, 6) is 0.383. The smallest absolute Gasteiger partial charge is 0.313 e. The van der Waals surface area contributed by atoms with Gasteiger partial charge in [0, 0.05) is 19.1 Å². The van der Waals surface area contributed by atoms with Crippen molar-refractivity contribution in [2.75, 3.05) is 19.0 Å². The van der Waals surface area contributed by atoms with Gasteiger partial charge in [-0.15, -0.1) is 21.5 Å². The summed E-state index contributed by atoms with van der Waals surface area (Å²) < 4.78 is 7.45. The molecule has 3 heterocycles. The molecule has 1 aliphatic heterocycles. The molecule has 112 valence electrons. The third-order valence-electron chi connectivity index (χ3n) is 3.25. The quantitative estimate of drug-likeness (QED) is 0.821. The summed E-state index contributed by atoms with van der Waals surface area (Å²) in [5, 5.41) is 19.9. The summed E-state index contributed by atoms with van der Waals surface area (Å²) in [4.78, 5) is 11.8. The van der Waals surface area contributed by atoms with Gasteiger partial charge in [0.05, 0.1) is 17.2 Å². The summed E-state index contributed by atoms with van der Waals surface area (Å²) in [7, 11) is 0. The molecule has 0 amide bonds. The molecule has 2 aromatic heterocycles. The molecule has 0 aliphatic carbocycles. The number of carboxylic acid groups (broad SMARTS) is 1. The Kier molecular flexibility index (Phi) is 4.57. The zero-order valence-corrected chi connectivity index (χ0v) is 12.9. The zero-order valence-electron chi connectivity index (χ0n) is 11.3. The Morgan fingerprint density at radius 2 is 2.48 bits per heavy atom. The summed E-state index contributed by atoms with van der Waals surface area (Å²) in [5.41, 5.74) is 0. The number of thioether (sulfide) groups is 1. The van der Waals surface area contributed by atoms with E-state index in [9.17, 15) is 4.79 Å². The highest BCUT2D eigenvalue weighted by atomic mass is 32.2. The highest BCUT2D eigenvalue weighted by Gasteiger charge is 2.22. The van der Waals surface area contributed by atoms with E-state index < -0.39 is 5.97 Å². The number of carboxylic acids is 1. The Hall–Kier alpha value is -1.38. The van der Waals surface area contributed by atoms with Crippen molar-refractivity contribution in [2.24, 2.45) is 5.92 Å². The minimum atomic E-state index is -0.851. The molecule has 1 fully saturated rings. The average molecular weight is 325 g/mol. The molecule has 1 saturated heterocycles. The first kappa shape index (κ1) is 14.6. The molecule has 0 aromatic carbocycles. The number of carbonyl (C=O) groups is 1. The van der Waals surface area contributed by atoms with Crippen molar-refractivity contribution < 1.29 is 14.6 Å². The maximum Gasteiger partial charge on any atom is 0.313 e. The van der Waals surface area contributed by atoms with Gasteiger partial charge >= 0.3 is 5.97 Å². The van der Waals surface area contributed by atoms with Crippen LogP contribution in [0, 0.1) is 5.92 Å². The number of aliphatic carboxylic acids is 1. The second-order valence-electron chi connectivity index (χ2n) is 4.81. The minimum absolute atomic E-state index is 0.0102. The number of nitrogens with zero attached hydrogens (tertiary/aromatic N) is 3. The van der Waals surface area contributed by atoms with Crippen LogP contribution in [0.5, 0.6) is 0 Å². The van der Waals surface area contributed by atoms with Crippen LogP contribution in [0.15, 0.2) is 22.7 Å². The fraction of sp³-hybridized carbons (Fsp3) is 0.462. The van der Waals surface area contributed by atoms with E-state index in [2.05, 4.69) is 10.2 Å². The minimum Gasteiger partial charge on any atom is -0.481 e. The average Bonchev–Trinajstić information content (AvgIpc) is 3.18. The van der Waals surface area contributed by atoms with Gasteiger partial charge in [0.25, 0.3) is 0 Å². The number of hydrogen-bond donors (Lipinski definition) is 1. The molecule has 1 unspecified atom stereocenters. The van der Waals surface area contributed by atoms with Crippen molar-refractivity contribution in [3.63, 3.8) is 0 Å². The Balaban J connectivity index is 1.86. The normalized spacial score (nSPS) is 18.2. The molecule has 0 spiro atoms. The molecule has 2 aromatic rings. The molecule has 0 saturated carbocycles. The molecular weight excluding hydrogens is 310 g/mol. The molecule has 3 rings (SSSR count). The number of hydrogen-bond acceptors (Lipinski definition) is 6. The fourth-order valence-corrected chi connectivity index (χ4v) is 3.65. The third-order valence-corrected chi connectivity index (χ3v) is 5.07. The first-order valence-electron chi connectivity index (χ1n) is 6.63. The van der Waals surface area contributed by atoms with Gasteiger partial charge in [-0.3, -0.25) is 4.79 Å². The fourth-order valence-electron chi connectivity index (χ4n) is 2.26. The lowest BCUT2D eigenvalue weighted by molar-refractivity contribution is -0.133. The molecule has 1 aliphatic rings. The molecule has 21 heavy (non-hydrogen) atoms. The van der Waals surface area contributed by atoms with Crippen LogP contribution in [-0.4, -0.2) is 44.8 Å². The number of rotatable bonds is 6. The monoisotopic (exact) mass is 325 g/mol. The van der Waals surface area contributed by atoms with Crippen molar-refractivity contribution in [1.29, 1.82) is 0 Å². The predicted molar refractivity (Wildman–Crippen MR) is 80.6 cm³/mol. The van der Waals surface area contributed by atoms with Gasteiger partial charge in [-0.05, 0) is 17.9 Å².